The number of ether oxygens (including phenoxy) is 11. The fourth-order valence-electron chi connectivity index (χ4n) is 17.0. The van der Waals surface area contributed by atoms with Gasteiger partial charge < -0.3 is 110 Å². The Bertz CT molecular complexity index is 4860. The van der Waals surface area contributed by atoms with Crippen molar-refractivity contribution < 1.29 is 111 Å². The maximum Gasteiger partial charge on any atom is 0.329 e. The molecule has 132 heavy (non-hydrogen) atoms. The predicted molar refractivity (Wildman–Crippen MR) is 489 cm³/mol. The maximum absolute atomic E-state index is 14.8. The van der Waals surface area contributed by atoms with Crippen LogP contribution in [0.1, 0.15) is 161 Å². The smallest absolute Gasteiger partial charge is 0.329 e. The number of aromatic hydroxyl groups is 1. The van der Waals surface area contributed by atoms with Crippen LogP contribution in [-0.2, 0) is 92.2 Å². The van der Waals surface area contributed by atoms with Crippen molar-refractivity contribution in [2.75, 3.05) is 139 Å². The van der Waals surface area contributed by atoms with Crippen LogP contribution in [0, 0.1) is 29.6 Å². The number of Topliss-reactive ketones (excluding diaryl/α,β-unsaturated/α-hetero) is 3. The Hall–Kier alpha value is -9.97. The van der Waals surface area contributed by atoms with Gasteiger partial charge in [0.25, 0.3) is 17.6 Å². The van der Waals surface area contributed by atoms with E-state index in [0.717, 1.165) is 39.9 Å². The van der Waals surface area contributed by atoms with Crippen LogP contribution in [-0.4, -0.2) is 299 Å². The number of methoxy groups -OCH3 is 2. The number of nitrogen functional groups attached to an aromatic ring is 1. The highest BCUT2D eigenvalue weighted by Gasteiger charge is 2.53. The molecule has 2 bridgehead atoms. The summed E-state index contributed by atoms with van der Waals surface area (Å²) in [6, 6.07) is 11.5. The largest absolute Gasteiger partial charge is 0.508 e. The Labute approximate surface area is 770 Å². The molecule has 10 rings (SSSR count). The van der Waals surface area contributed by atoms with Crippen molar-refractivity contribution in [2.24, 2.45) is 35.3 Å². The highest BCUT2D eigenvalue weighted by atomic mass is 16.6. The number of carbonyl (C=O) groups excluding carboxylic acids is 8. The number of aliphatic hydroxyl groups excluding tert-OH is 2. The number of amides is 4. The number of nitrogens with two attached hydrogens (primary N) is 2. The molecule has 724 valence electrons. The van der Waals surface area contributed by atoms with Gasteiger partial charge in [0.1, 0.15) is 59.4 Å². The Morgan fingerprint density at radius 3 is 2.08 bits per heavy atom. The van der Waals surface area contributed by atoms with E-state index < -0.39 is 108 Å². The number of aromatic amines is 1. The second kappa shape index (κ2) is 53.2. The summed E-state index contributed by atoms with van der Waals surface area (Å²) < 4.78 is 67.1. The topological polar surface area (TPSA) is 500 Å². The van der Waals surface area contributed by atoms with Crippen molar-refractivity contribution in [1.29, 1.82) is 0 Å². The molecule has 4 aliphatic rings. The normalized spacial score (nSPS) is 25.8. The molecule has 2 aromatic carbocycles. The van der Waals surface area contributed by atoms with Crippen molar-refractivity contribution in [2.45, 2.75) is 211 Å². The number of rotatable bonds is 41. The first-order valence-electron chi connectivity index (χ1n) is 46.2. The van der Waals surface area contributed by atoms with Crippen molar-refractivity contribution in [3.63, 3.8) is 0 Å². The Kier molecular flexibility index (Phi) is 42.0. The van der Waals surface area contributed by atoms with E-state index in [2.05, 4.69) is 41.2 Å². The third kappa shape index (κ3) is 30.8. The average Bonchev–Trinajstić information content (AvgIpc) is 1.48. The fourth-order valence-corrected chi connectivity index (χ4v) is 17.0. The number of carbonyl (C=O) groups is 8. The number of anilines is 1. The molecule has 0 radical (unpaired) electrons. The molecule has 0 unspecified atom stereocenters. The summed E-state index contributed by atoms with van der Waals surface area (Å²) in [7, 11) is 3.15. The van der Waals surface area contributed by atoms with Crippen LogP contribution in [0.5, 0.6) is 5.75 Å². The number of hydrogen-bond acceptors (Lipinski definition) is 30. The number of ketones is 3. The SMILES string of the molecule is CO[C@H]1C[C@@H]2CC[C@@H](C)[C@@](O)(O2)C(=O)C(=O)N2CCCC[C@H]2C(=O)O[C@H]([C@H](N)C[C@@H]2CC[C@H](n3cc(-c4cccc(C(=O)NCCOCCOCCOCCC(=O)NCCOCCOCCOCCOCCC(=O)NCCCCn5nc(-c6cc7cc(O)ccc7[nH]6)c6c(N)ncnc65)c4)nn3)[C@H](OC)C2)CC(=O)[C@H](C)/C=C(\C)[C@@H](O)[C@@H](O)C(=O)[C@H](C)C[C@H](C)/C=C/C=C/C=C/1C. The first-order chi connectivity index (χ1) is 63.6. The Morgan fingerprint density at radius 1 is 0.712 bits per heavy atom. The van der Waals surface area contributed by atoms with E-state index in [1.54, 1.807) is 86.9 Å². The summed E-state index contributed by atoms with van der Waals surface area (Å²) >= 11 is 0. The fraction of sp³-hybridized carbons (Fsp3) is 0.611. The molecule has 7 heterocycles. The number of nitrogens with zero attached hydrogens (tertiary/aromatic N) is 8. The molecule has 12 N–H and O–H groups in total. The van der Waals surface area contributed by atoms with Gasteiger partial charge in [0.05, 0.1) is 134 Å². The minimum absolute atomic E-state index is 0.0000997. The zero-order valence-electron chi connectivity index (χ0n) is 77.3. The second-order valence-electron chi connectivity index (χ2n) is 34.7. The van der Waals surface area contributed by atoms with E-state index in [4.69, 9.17) is 68.7 Å². The number of benzene rings is 2. The number of aliphatic hydroxyl groups is 3. The minimum Gasteiger partial charge on any atom is -0.508 e. The van der Waals surface area contributed by atoms with E-state index in [1.807, 2.05) is 56.4 Å². The lowest BCUT2D eigenvalue weighted by Gasteiger charge is -2.42. The number of aryl methyl sites for hydroxylation is 1. The first-order valence-corrected chi connectivity index (χ1v) is 46.2. The van der Waals surface area contributed by atoms with Crippen molar-refractivity contribution in [1.82, 2.24) is 60.6 Å². The van der Waals surface area contributed by atoms with E-state index in [0.29, 0.717) is 170 Å². The van der Waals surface area contributed by atoms with Crippen LogP contribution in [0.25, 0.3) is 44.6 Å². The number of fused-ring (bicyclic) bond motifs is 5. The third-order valence-electron chi connectivity index (χ3n) is 24.7. The summed E-state index contributed by atoms with van der Waals surface area (Å²) in [6.07, 6.45) is 13.7. The first kappa shape index (κ1) is 104. The number of piperidine rings is 1. The Morgan fingerprint density at radius 2 is 1.39 bits per heavy atom. The van der Waals surface area contributed by atoms with Crippen LogP contribution < -0.4 is 27.4 Å². The highest BCUT2D eigenvalue weighted by Crippen LogP contribution is 2.40. The second-order valence-corrected chi connectivity index (χ2v) is 34.7. The number of esters is 1. The van der Waals surface area contributed by atoms with Crippen molar-refractivity contribution >= 4 is 74.7 Å². The van der Waals surface area contributed by atoms with Gasteiger partial charge in [-0.1, -0.05) is 81.5 Å². The number of unbranched alkanes of at least 4 members (excludes halogenated alkanes) is 1. The van der Waals surface area contributed by atoms with Gasteiger partial charge in [-0.15, -0.1) is 5.10 Å². The Balaban J connectivity index is 0.570. The number of aromatic nitrogens is 8. The van der Waals surface area contributed by atoms with Crippen LogP contribution in [0.15, 0.2) is 109 Å². The van der Waals surface area contributed by atoms with Gasteiger partial charge in [-0.2, -0.15) is 5.10 Å². The lowest BCUT2D eigenvalue weighted by Crippen LogP contribution is -2.61. The predicted octanol–water partition coefficient (Wildman–Crippen LogP) is 7.27. The van der Waals surface area contributed by atoms with Crippen LogP contribution >= 0.6 is 0 Å². The van der Waals surface area contributed by atoms with E-state index >= 15 is 0 Å². The lowest BCUT2D eigenvalue weighted by atomic mass is 9.79. The third-order valence-corrected chi connectivity index (χ3v) is 24.7. The summed E-state index contributed by atoms with van der Waals surface area (Å²) in [5.74, 6) is -9.33. The molecule has 3 aliphatic heterocycles. The van der Waals surface area contributed by atoms with E-state index in [9.17, 15) is 58.8 Å². The number of phenols is 1. The standard InChI is InChI=1S/C95H136N14O23/c1-60-17-10-9-11-18-61(2)79(122-7)56-71-25-22-65(6)95(121,132-71)89(117)93(119)107-33-14-12-21-77(107)94(120)131-80(57-78(111)62(3)50-64(5)87(115)88(116)86(114)63(4)49-60)72(96)51-66-23-27-76(81(52-66)123-8)109-58-75(104-106-109)67-19-16-20-68(53-67)92(118)100-32-38-127-42-46-128-43-39-125-36-29-83(113)99-31-37-126-41-45-130-48-47-129-44-40-124-35-28-82(112)98-30-13-15-34-108-91-84(90(97)101-59-102-91)85(105-108)74-55-69-54-70(110)24-26-73(69)103-74/h9-11,16-20,24,26,50,53-55,58-60,62-63,65-66,71-72,76-77,79-81,87-88,103,110,115-116,121H,12-15,21-23,25,27-49,51-52,56-57,96H2,1-8H3,(H,98,112)(H,99,113)(H,100,118)(H2,97,101,102)/b11-9+,17-10+,61-18+,64-50+/t60-,62-,63-,65-,66+,71+,72-,76+,77+,79+,80+,81-,87-,88+,95-/m1/s1. The molecule has 3 fully saturated rings. The molecule has 2 saturated heterocycles. The number of phenolic OH excluding ortho intramolecular Hbond substituents is 1. The summed E-state index contributed by atoms with van der Waals surface area (Å²) in [6.45, 7) is 16.2. The molecule has 4 aromatic heterocycles. The molecular formula is C95H136N14O23. The number of cyclic esters (lactones) is 1. The van der Waals surface area contributed by atoms with E-state index in [-0.39, 0.29) is 125 Å². The van der Waals surface area contributed by atoms with Gasteiger partial charge in [-0.05, 0) is 150 Å². The van der Waals surface area contributed by atoms with Gasteiger partial charge in [0.2, 0.25) is 17.6 Å². The van der Waals surface area contributed by atoms with E-state index in [1.165, 1.54) is 19.3 Å². The maximum atomic E-state index is 14.8. The quantitative estimate of drug-likeness (QED) is 0.00780. The summed E-state index contributed by atoms with van der Waals surface area (Å²) in [5.41, 5.74) is 18.8. The summed E-state index contributed by atoms with van der Waals surface area (Å²) in [5, 5.41) is 68.6. The van der Waals surface area contributed by atoms with Crippen LogP contribution in [0.3, 0.4) is 0 Å². The lowest BCUT2D eigenvalue weighted by molar-refractivity contribution is -0.265. The monoisotopic (exact) mass is 1840 g/mol. The summed E-state index contributed by atoms with van der Waals surface area (Å²) in [4.78, 5) is 123. The number of hydrogen-bond donors (Lipinski definition) is 10. The van der Waals surface area contributed by atoms with Crippen molar-refractivity contribution in [3.8, 4) is 28.4 Å². The molecule has 15 atom stereocenters. The molecule has 0 spiro atoms. The van der Waals surface area contributed by atoms with Crippen LogP contribution in [0.4, 0.5) is 5.82 Å². The molecule has 1 aliphatic carbocycles. The van der Waals surface area contributed by atoms with Gasteiger partial charge in [0.15, 0.2) is 11.4 Å². The van der Waals surface area contributed by atoms with Crippen molar-refractivity contribution in [3.05, 3.63) is 114 Å². The number of H-pyrrole nitrogens is 1. The molecule has 1 saturated carbocycles. The number of allylic oxidation sites excluding steroid dienone is 6. The van der Waals surface area contributed by atoms with Gasteiger partial charge in [-0.25, -0.2) is 24.1 Å². The zero-order valence-corrected chi connectivity index (χ0v) is 77.3. The molecule has 37 heteroatoms. The van der Waals surface area contributed by atoms with Gasteiger partial charge in [0, 0.05) is 118 Å². The molecular weight excluding hydrogens is 1710 g/mol. The van der Waals surface area contributed by atoms with Crippen LogP contribution in [0.2, 0.25) is 0 Å². The molecule has 37 nitrogen and oxygen atoms in total. The minimum atomic E-state index is -2.51. The number of nitrogens with one attached hydrogen (secondary N) is 4. The average molecular weight is 1840 g/mol. The molecule has 6 aromatic rings. The zero-order chi connectivity index (χ0) is 94.6. The molecule has 4 amide bonds. The van der Waals surface area contributed by atoms with Gasteiger partial charge in [-0.3, -0.25) is 33.6 Å². The highest BCUT2D eigenvalue weighted by molar-refractivity contribution is 6.39. The van der Waals surface area contributed by atoms with Gasteiger partial charge >= 0.3 is 5.97 Å².